The summed E-state index contributed by atoms with van der Waals surface area (Å²) in [5.41, 5.74) is 5.98. The molecule has 184 valence electrons. The maximum absolute atomic E-state index is 13.1. The lowest BCUT2D eigenvalue weighted by Gasteiger charge is -2.35. The first-order valence-corrected chi connectivity index (χ1v) is 12.0. The molecule has 0 saturated carbocycles. The summed E-state index contributed by atoms with van der Waals surface area (Å²) >= 11 is 0. The van der Waals surface area contributed by atoms with Crippen LogP contribution in [0.15, 0.2) is 60.8 Å². The Morgan fingerprint density at radius 3 is 2.66 bits per heavy atom. The molecule has 0 bridgehead atoms. The fraction of sp³-hybridized carbons (Fsp3) is 0.357. The third-order valence-corrected chi connectivity index (χ3v) is 6.38. The number of carbonyl (C=O) groups is 1. The van der Waals surface area contributed by atoms with Gasteiger partial charge in [-0.25, -0.2) is 0 Å². The number of aromatic nitrogens is 1. The van der Waals surface area contributed by atoms with E-state index in [9.17, 15) is 15.0 Å². The number of aryl methyl sites for hydroxylation is 2. The van der Waals surface area contributed by atoms with Gasteiger partial charge >= 0.3 is 0 Å². The number of benzene rings is 2. The maximum Gasteiger partial charge on any atom is 0.251 e. The number of carbonyl (C=O) groups excluding carboxylic acids is 1. The van der Waals surface area contributed by atoms with Crippen molar-refractivity contribution in [3.05, 3.63) is 88.7 Å². The predicted octanol–water partition coefficient (Wildman–Crippen LogP) is 3.02. The highest BCUT2D eigenvalue weighted by Crippen LogP contribution is 2.27. The lowest BCUT2D eigenvalue weighted by atomic mass is 9.96. The number of hydrogen-bond donors (Lipinski definition) is 3. The summed E-state index contributed by atoms with van der Waals surface area (Å²) < 4.78 is 5.46. The molecule has 2 aromatic carbocycles. The van der Waals surface area contributed by atoms with E-state index in [-0.39, 0.29) is 18.6 Å². The zero-order valence-electron chi connectivity index (χ0n) is 20.3. The van der Waals surface area contributed by atoms with Crippen LogP contribution in [0, 0.1) is 13.8 Å². The fourth-order valence-electron chi connectivity index (χ4n) is 4.20. The number of β-amino-alcohol motifs (C(OH)–C–C–N with tert-alkyl or cyclic N) is 1. The zero-order chi connectivity index (χ0) is 24.8. The lowest BCUT2D eigenvalue weighted by Crippen LogP contribution is -2.48. The molecule has 1 fully saturated rings. The normalized spacial score (nSPS) is 17.2. The summed E-state index contributed by atoms with van der Waals surface area (Å²) in [6, 6.07) is 17.3. The second-order valence-corrected chi connectivity index (χ2v) is 9.12. The van der Waals surface area contributed by atoms with E-state index in [1.807, 2.05) is 67.3 Å². The Morgan fingerprint density at radius 2 is 1.94 bits per heavy atom. The van der Waals surface area contributed by atoms with Gasteiger partial charge in [-0.15, -0.1) is 0 Å². The second kappa shape index (κ2) is 11.6. The Hall–Kier alpha value is -3.10. The van der Waals surface area contributed by atoms with E-state index in [1.54, 1.807) is 12.3 Å². The Kier molecular flexibility index (Phi) is 8.25. The van der Waals surface area contributed by atoms with Crippen molar-refractivity contribution in [2.75, 3.05) is 32.9 Å². The van der Waals surface area contributed by atoms with Crippen LogP contribution in [0.3, 0.4) is 0 Å². The Bertz CT molecular complexity index is 1130. The van der Waals surface area contributed by atoms with Crippen molar-refractivity contribution in [3.8, 4) is 11.1 Å². The van der Waals surface area contributed by atoms with E-state index >= 15 is 0 Å². The average Bonchev–Trinajstić information content (AvgIpc) is 2.88. The highest BCUT2D eigenvalue weighted by molar-refractivity contribution is 5.95. The molecule has 4 rings (SSSR count). The van der Waals surface area contributed by atoms with Crippen molar-refractivity contribution in [2.24, 2.45) is 0 Å². The molecule has 3 aromatic rings. The number of ether oxygens (including phenoxy) is 1. The number of aliphatic hydroxyl groups is 2. The van der Waals surface area contributed by atoms with Crippen molar-refractivity contribution in [1.82, 2.24) is 15.2 Å². The van der Waals surface area contributed by atoms with Gasteiger partial charge in [0.25, 0.3) is 5.91 Å². The van der Waals surface area contributed by atoms with Gasteiger partial charge in [-0.2, -0.15) is 0 Å². The predicted molar refractivity (Wildman–Crippen MR) is 135 cm³/mol. The fourth-order valence-corrected chi connectivity index (χ4v) is 4.20. The summed E-state index contributed by atoms with van der Waals surface area (Å²) in [5, 5.41) is 23.8. The van der Waals surface area contributed by atoms with E-state index < -0.39 is 6.10 Å². The number of nitrogens with zero attached hydrogens (tertiary/aromatic N) is 2. The Balaban J connectivity index is 1.59. The molecule has 7 nitrogen and oxygen atoms in total. The van der Waals surface area contributed by atoms with Gasteiger partial charge in [-0.3, -0.25) is 14.7 Å². The number of rotatable bonds is 8. The van der Waals surface area contributed by atoms with Gasteiger partial charge in [0, 0.05) is 37.1 Å². The van der Waals surface area contributed by atoms with Crippen LogP contribution in [-0.2, 0) is 11.3 Å². The standard InChI is InChI=1S/C28H33N3O4/c1-19-3-7-22(8-4-19)23-11-24(27(33)16-31-9-10-35-18-26(31)17-32)13-25(12-23)28(34)30-15-21-6-5-20(2)29-14-21/h3-8,11-14,26-27,32-33H,9-10,15-18H2,1-2H3,(H,30,34). The van der Waals surface area contributed by atoms with E-state index in [0.29, 0.717) is 44.0 Å². The highest BCUT2D eigenvalue weighted by atomic mass is 16.5. The Labute approximate surface area is 206 Å². The minimum Gasteiger partial charge on any atom is -0.395 e. The van der Waals surface area contributed by atoms with Gasteiger partial charge in [0.1, 0.15) is 0 Å². The number of pyridine rings is 1. The van der Waals surface area contributed by atoms with Gasteiger partial charge in [0.05, 0.1) is 32.0 Å². The van der Waals surface area contributed by atoms with Crippen LogP contribution in [-0.4, -0.2) is 65.0 Å². The van der Waals surface area contributed by atoms with Gasteiger partial charge in [0.15, 0.2) is 0 Å². The molecular formula is C28H33N3O4. The van der Waals surface area contributed by atoms with Crippen molar-refractivity contribution in [2.45, 2.75) is 32.5 Å². The van der Waals surface area contributed by atoms with Crippen LogP contribution in [0.5, 0.6) is 0 Å². The highest BCUT2D eigenvalue weighted by Gasteiger charge is 2.25. The van der Waals surface area contributed by atoms with Crippen LogP contribution in [0.1, 0.15) is 38.8 Å². The number of hydrogen-bond acceptors (Lipinski definition) is 6. The van der Waals surface area contributed by atoms with Crippen LogP contribution in [0.2, 0.25) is 0 Å². The van der Waals surface area contributed by atoms with Gasteiger partial charge in [0.2, 0.25) is 0 Å². The third kappa shape index (κ3) is 6.52. The molecule has 2 heterocycles. The van der Waals surface area contributed by atoms with Gasteiger partial charge in [-0.1, -0.05) is 35.9 Å². The smallest absolute Gasteiger partial charge is 0.251 e. The number of amides is 1. The molecule has 0 aliphatic carbocycles. The minimum absolute atomic E-state index is 0.0301. The molecule has 1 amide bonds. The molecule has 35 heavy (non-hydrogen) atoms. The molecule has 1 aliphatic rings. The SMILES string of the molecule is Cc1ccc(-c2cc(C(=O)NCc3ccc(C)nc3)cc(C(O)CN3CCOCC3CO)c2)cc1. The van der Waals surface area contributed by atoms with E-state index in [4.69, 9.17) is 4.74 Å². The van der Waals surface area contributed by atoms with Crippen LogP contribution in [0.25, 0.3) is 11.1 Å². The van der Waals surface area contributed by atoms with Gasteiger partial charge in [-0.05, 0) is 60.4 Å². The van der Waals surface area contributed by atoms with E-state index in [2.05, 4.69) is 10.3 Å². The van der Waals surface area contributed by atoms with Crippen molar-refractivity contribution >= 4 is 5.91 Å². The molecule has 1 aromatic heterocycles. The van der Waals surface area contributed by atoms with Crippen LogP contribution in [0.4, 0.5) is 0 Å². The van der Waals surface area contributed by atoms with Crippen molar-refractivity contribution in [1.29, 1.82) is 0 Å². The van der Waals surface area contributed by atoms with Crippen molar-refractivity contribution < 1.29 is 19.7 Å². The third-order valence-electron chi connectivity index (χ3n) is 6.38. The van der Waals surface area contributed by atoms with E-state index in [1.165, 1.54) is 0 Å². The van der Waals surface area contributed by atoms with E-state index in [0.717, 1.165) is 27.9 Å². The average molecular weight is 476 g/mol. The number of nitrogens with one attached hydrogen (secondary N) is 1. The molecule has 1 aliphatic heterocycles. The summed E-state index contributed by atoms with van der Waals surface area (Å²) in [4.78, 5) is 19.4. The molecule has 7 heteroatoms. The van der Waals surface area contributed by atoms with Crippen molar-refractivity contribution in [3.63, 3.8) is 0 Å². The second-order valence-electron chi connectivity index (χ2n) is 9.12. The molecule has 0 spiro atoms. The Morgan fingerprint density at radius 1 is 1.14 bits per heavy atom. The lowest BCUT2D eigenvalue weighted by molar-refractivity contribution is -0.0437. The van der Waals surface area contributed by atoms with Crippen LogP contribution < -0.4 is 5.32 Å². The molecule has 3 N–H and O–H groups in total. The van der Waals surface area contributed by atoms with Crippen LogP contribution >= 0.6 is 0 Å². The first-order valence-electron chi connectivity index (χ1n) is 12.0. The van der Waals surface area contributed by atoms with Gasteiger partial charge < -0.3 is 20.3 Å². The maximum atomic E-state index is 13.1. The molecule has 2 atom stereocenters. The number of aliphatic hydroxyl groups excluding tert-OH is 2. The largest absolute Gasteiger partial charge is 0.395 e. The first kappa shape index (κ1) is 25.0. The minimum atomic E-state index is -0.819. The summed E-state index contributed by atoms with van der Waals surface area (Å²) in [6.07, 6.45) is 0.938. The topological polar surface area (TPSA) is 94.9 Å². The number of morpholine rings is 1. The molecular weight excluding hydrogens is 442 g/mol. The summed E-state index contributed by atoms with van der Waals surface area (Å²) in [7, 11) is 0. The quantitative estimate of drug-likeness (QED) is 0.464. The zero-order valence-corrected chi connectivity index (χ0v) is 20.3. The monoisotopic (exact) mass is 475 g/mol. The molecule has 0 radical (unpaired) electrons. The first-order chi connectivity index (χ1) is 16.9. The summed E-state index contributed by atoms with van der Waals surface area (Å²) in [6.45, 7) is 6.28. The molecule has 1 saturated heterocycles. The molecule has 2 unspecified atom stereocenters. The summed E-state index contributed by atoms with van der Waals surface area (Å²) in [5.74, 6) is -0.215.